The molecule has 1 aliphatic carbocycles. The standard InChI is InChI=1S/C17H22N4O2S/c22-24(23)11-8-14(12-24)17-19-16(13-6-9-18-10-7-13)20-21(17)15-4-2-1-3-5-15/h6-7,9-10,14-15H,1-5,8,11-12H2/t14-/m0/s1. The van der Waals surface area contributed by atoms with Gasteiger partial charge in [0.1, 0.15) is 5.82 Å². The van der Waals surface area contributed by atoms with Gasteiger partial charge in [-0.3, -0.25) is 4.98 Å². The van der Waals surface area contributed by atoms with Gasteiger partial charge in [0.15, 0.2) is 15.7 Å². The molecule has 0 unspecified atom stereocenters. The quantitative estimate of drug-likeness (QED) is 0.854. The molecule has 0 spiro atoms. The second kappa shape index (κ2) is 6.27. The fourth-order valence-corrected chi connectivity index (χ4v) is 5.57. The predicted molar refractivity (Wildman–Crippen MR) is 91.4 cm³/mol. The van der Waals surface area contributed by atoms with Crippen LogP contribution in [0.1, 0.15) is 56.3 Å². The average Bonchev–Trinajstić information content (AvgIpc) is 3.20. The van der Waals surface area contributed by atoms with E-state index in [4.69, 9.17) is 10.1 Å². The van der Waals surface area contributed by atoms with Crippen LogP contribution in [0.3, 0.4) is 0 Å². The van der Waals surface area contributed by atoms with E-state index in [1.54, 1.807) is 12.4 Å². The van der Waals surface area contributed by atoms with E-state index in [0.717, 1.165) is 24.2 Å². The molecule has 128 valence electrons. The van der Waals surface area contributed by atoms with Crippen molar-refractivity contribution >= 4 is 9.84 Å². The molecule has 1 aliphatic heterocycles. The van der Waals surface area contributed by atoms with Crippen molar-refractivity contribution in [2.45, 2.75) is 50.5 Å². The molecule has 0 aromatic carbocycles. The number of aromatic nitrogens is 4. The molecule has 1 saturated carbocycles. The molecule has 7 heteroatoms. The van der Waals surface area contributed by atoms with Crippen molar-refractivity contribution in [3.63, 3.8) is 0 Å². The van der Waals surface area contributed by atoms with E-state index in [1.165, 1.54) is 19.3 Å². The van der Waals surface area contributed by atoms with Crippen molar-refractivity contribution in [1.29, 1.82) is 0 Å². The van der Waals surface area contributed by atoms with Crippen LogP contribution in [-0.2, 0) is 9.84 Å². The van der Waals surface area contributed by atoms with Gasteiger partial charge in [-0.25, -0.2) is 18.1 Å². The number of nitrogens with zero attached hydrogens (tertiary/aromatic N) is 4. The lowest BCUT2D eigenvalue weighted by molar-refractivity contribution is 0.317. The Morgan fingerprint density at radius 1 is 1.04 bits per heavy atom. The highest BCUT2D eigenvalue weighted by molar-refractivity contribution is 7.91. The minimum atomic E-state index is -2.94. The third kappa shape index (κ3) is 3.09. The number of sulfone groups is 1. The first kappa shape index (κ1) is 15.7. The summed E-state index contributed by atoms with van der Waals surface area (Å²) in [5, 5.41) is 4.78. The largest absolute Gasteiger partial charge is 0.265 e. The second-order valence-corrected chi connectivity index (χ2v) is 9.09. The molecule has 1 saturated heterocycles. The van der Waals surface area contributed by atoms with Crippen LogP contribution in [0.25, 0.3) is 11.4 Å². The molecular formula is C17H22N4O2S. The number of rotatable bonds is 3. The zero-order valence-electron chi connectivity index (χ0n) is 13.6. The van der Waals surface area contributed by atoms with Gasteiger partial charge in [-0.2, -0.15) is 5.10 Å². The van der Waals surface area contributed by atoms with Gasteiger partial charge < -0.3 is 0 Å². The van der Waals surface area contributed by atoms with E-state index in [2.05, 4.69) is 4.98 Å². The van der Waals surface area contributed by atoms with Gasteiger partial charge >= 0.3 is 0 Å². The molecule has 4 rings (SSSR count). The van der Waals surface area contributed by atoms with Crippen molar-refractivity contribution in [3.05, 3.63) is 30.4 Å². The molecular weight excluding hydrogens is 324 g/mol. The Morgan fingerprint density at radius 2 is 1.79 bits per heavy atom. The highest BCUT2D eigenvalue weighted by Gasteiger charge is 2.34. The van der Waals surface area contributed by atoms with E-state index in [9.17, 15) is 8.42 Å². The predicted octanol–water partition coefficient (Wildman–Crippen LogP) is 2.75. The second-order valence-electron chi connectivity index (χ2n) is 6.87. The van der Waals surface area contributed by atoms with Crippen molar-refractivity contribution < 1.29 is 8.42 Å². The van der Waals surface area contributed by atoms with E-state index in [0.29, 0.717) is 18.3 Å². The fourth-order valence-electron chi connectivity index (χ4n) is 3.83. The Kier molecular flexibility index (Phi) is 4.12. The Hall–Kier alpha value is -1.76. The van der Waals surface area contributed by atoms with Crippen molar-refractivity contribution in [3.8, 4) is 11.4 Å². The summed E-state index contributed by atoms with van der Waals surface area (Å²) in [6.07, 6.45) is 10.0. The molecule has 24 heavy (non-hydrogen) atoms. The van der Waals surface area contributed by atoms with Crippen LogP contribution in [0.2, 0.25) is 0 Å². The first-order chi connectivity index (χ1) is 11.6. The summed E-state index contributed by atoms with van der Waals surface area (Å²) in [5.41, 5.74) is 0.932. The highest BCUT2D eigenvalue weighted by atomic mass is 32.2. The Balaban J connectivity index is 1.74. The molecule has 2 aromatic heterocycles. The van der Waals surface area contributed by atoms with Gasteiger partial charge in [0.2, 0.25) is 0 Å². The summed E-state index contributed by atoms with van der Waals surface area (Å²) in [6, 6.07) is 4.14. The zero-order valence-corrected chi connectivity index (χ0v) is 14.5. The van der Waals surface area contributed by atoms with Crippen LogP contribution >= 0.6 is 0 Å². The molecule has 0 radical (unpaired) electrons. The third-order valence-corrected chi connectivity index (χ3v) is 6.88. The molecule has 0 bridgehead atoms. The van der Waals surface area contributed by atoms with E-state index < -0.39 is 9.84 Å². The lowest BCUT2D eigenvalue weighted by Crippen LogP contribution is -2.19. The topological polar surface area (TPSA) is 77.7 Å². The first-order valence-corrected chi connectivity index (χ1v) is 10.5. The molecule has 1 atom stereocenters. The Labute approximate surface area is 142 Å². The average molecular weight is 346 g/mol. The molecule has 6 nitrogen and oxygen atoms in total. The summed E-state index contributed by atoms with van der Waals surface area (Å²) < 4.78 is 25.9. The first-order valence-electron chi connectivity index (χ1n) is 8.70. The van der Waals surface area contributed by atoms with Crippen LogP contribution in [0.15, 0.2) is 24.5 Å². The zero-order chi connectivity index (χ0) is 16.6. The normalized spacial score (nSPS) is 24.2. The van der Waals surface area contributed by atoms with Crippen LogP contribution in [0, 0.1) is 0 Å². The Bertz CT molecular complexity index is 810. The van der Waals surface area contributed by atoms with E-state index in [-0.39, 0.29) is 17.4 Å². The molecule has 3 heterocycles. The molecule has 0 N–H and O–H groups in total. The van der Waals surface area contributed by atoms with Crippen LogP contribution in [0.5, 0.6) is 0 Å². The van der Waals surface area contributed by atoms with Gasteiger partial charge in [0.05, 0.1) is 17.5 Å². The van der Waals surface area contributed by atoms with Crippen LogP contribution in [0.4, 0.5) is 0 Å². The molecule has 0 amide bonds. The van der Waals surface area contributed by atoms with Crippen molar-refractivity contribution in [2.75, 3.05) is 11.5 Å². The summed E-state index contributed by atoms with van der Waals surface area (Å²) in [6.45, 7) is 0. The highest BCUT2D eigenvalue weighted by Crippen LogP contribution is 2.35. The number of pyridine rings is 1. The van der Waals surface area contributed by atoms with Gasteiger partial charge in [-0.15, -0.1) is 0 Å². The van der Waals surface area contributed by atoms with Crippen molar-refractivity contribution in [1.82, 2.24) is 19.7 Å². The number of hydrogen-bond donors (Lipinski definition) is 0. The lowest BCUT2D eigenvalue weighted by Gasteiger charge is -2.24. The van der Waals surface area contributed by atoms with Crippen LogP contribution in [-0.4, -0.2) is 39.7 Å². The van der Waals surface area contributed by atoms with Gasteiger partial charge in [0, 0.05) is 23.9 Å². The maximum Gasteiger partial charge on any atom is 0.181 e. The summed E-state index contributed by atoms with van der Waals surface area (Å²) in [7, 11) is -2.94. The summed E-state index contributed by atoms with van der Waals surface area (Å²) in [5.74, 6) is 1.98. The maximum absolute atomic E-state index is 11.9. The van der Waals surface area contributed by atoms with Gasteiger partial charge in [-0.1, -0.05) is 19.3 Å². The lowest BCUT2D eigenvalue weighted by atomic mass is 9.95. The molecule has 2 aromatic rings. The minimum Gasteiger partial charge on any atom is -0.265 e. The van der Waals surface area contributed by atoms with Crippen LogP contribution < -0.4 is 0 Å². The van der Waals surface area contributed by atoms with E-state index in [1.807, 2.05) is 16.8 Å². The number of hydrogen-bond acceptors (Lipinski definition) is 5. The monoisotopic (exact) mass is 346 g/mol. The molecule has 2 fully saturated rings. The smallest absolute Gasteiger partial charge is 0.181 e. The van der Waals surface area contributed by atoms with Gasteiger partial charge in [-0.05, 0) is 31.4 Å². The SMILES string of the molecule is O=S1(=O)CC[C@H](c2nc(-c3ccncc3)nn2C2CCCCC2)C1. The molecule has 2 aliphatic rings. The third-order valence-electron chi connectivity index (χ3n) is 5.11. The summed E-state index contributed by atoms with van der Waals surface area (Å²) in [4.78, 5) is 8.81. The maximum atomic E-state index is 11.9. The Morgan fingerprint density at radius 3 is 2.46 bits per heavy atom. The summed E-state index contributed by atoms with van der Waals surface area (Å²) >= 11 is 0. The van der Waals surface area contributed by atoms with Gasteiger partial charge in [0.25, 0.3) is 0 Å². The van der Waals surface area contributed by atoms with Crippen molar-refractivity contribution in [2.24, 2.45) is 0 Å². The minimum absolute atomic E-state index is 0.0278. The fraction of sp³-hybridized carbons (Fsp3) is 0.588. The van der Waals surface area contributed by atoms with E-state index >= 15 is 0 Å².